The Bertz CT molecular complexity index is 1370. The van der Waals surface area contributed by atoms with Crippen LogP contribution in [0.3, 0.4) is 0 Å². The molecule has 33 heavy (non-hydrogen) atoms. The maximum atomic E-state index is 13.1. The van der Waals surface area contributed by atoms with Crippen LogP contribution in [0.1, 0.15) is 45.3 Å². The lowest BCUT2D eigenvalue weighted by atomic mass is 10.0. The highest BCUT2D eigenvalue weighted by Gasteiger charge is 2.26. The van der Waals surface area contributed by atoms with Gasteiger partial charge in [-0.25, -0.2) is 9.59 Å². The van der Waals surface area contributed by atoms with Gasteiger partial charge in [-0.3, -0.25) is 4.79 Å². The average Bonchev–Trinajstić information content (AvgIpc) is 3.52. The number of rotatable bonds is 6. The Balaban J connectivity index is 1.40. The van der Waals surface area contributed by atoms with Gasteiger partial charge in [-0.05, 0) is 60.2 Å². The lowest BCUT2D eigenvalue weighted by Gasteiger charge is -2.18. The first-order valence-electron chi connectivity index (χ1n) is 10.7. The number of nitrogens with one attached hydrogen (secondary N) is 1. The molecule has 0 bridgehead atoms. The van der Waals surface area contributed by atoms with E-state index < -0.39 is 23.5 Å². The van der Waals surface area contributed by atoms with E-state index in [-0.39, 0.29) is 12.4 Å². The number of esters is 1. The summed E-state index contributed by atoms with van der Waals surface area (Å²) >= 11 is 0. The second kappa shape index (κ2) is 8.78. The Kier molecular flexibility index (Phi) is 5.52. The first kappa shape index (κ1) is 20.8. The summed E-state index contributed by atoms with van der Waals surface area (Å²) < 4.78 is 16.1. The minimum atomic E-state index is -1.04. The molecule has 2 aromatic carbocycles. The predicted octanol–water partition coefficient (Wildman–Crippen LogP) is 4.09. The number of carbonyl (C=O) groups is 2. The summed E-state index contributed by atoms with van der Waals surface area (Å²) in [4.78, 5) is 37.7. The van der Waals surface area contributed by atoms with Gasteiger partial charge in [-0.1, -0.05) is 30.3 Å². The van der Waals surface area contributed by atoms with Crippen molar-refractivity contribution in [2.45, 2.75) is 31.9 Å². The normalized spacial score (nSPS) is 13.5. The number of hydrogen-bond acceptors (Lipinski definition) is 6. The molecule has 0 spiro atoms. The van der Waals surface area contributed by atoms with Gasteiger partial charge < -0.3 is 18.9 Å². The maximum Gasteiger partial charge on any atom is 0.336 e. The van der Waals surface area contributed by atoms with Crippen molar-refractivity contribution in [2.75, 3.05) is 0 Å². The zero-order valence-corrected chi connectivity index (χ0v) is 17.7. The van der Waals surface area contributed by atoms with E-state index in [1.54, 1.807) is 30.3 Å². The molecule has 166 valence electrons. The number of benzene rings is 2. The number of fused-ring (bicyclic) bond motifs is 2. The highest BCUT2D eigenvalue weighted by atomic mass is 16.5. The molecule has 1 amide bonds. The number of furan rings is 1. The van der Waals surface area contributed by atoms with E-state index in [0.29, 0.717) is 16.7 Å². The first-order valence-corrected chi connectivity index (χ1v) is 10.7. The van der Waals surface area contributed by atoms with Gasteiger partial charge >= 0.3 is 11.6 Å². The van der Waals surface area contributed by atoms with Crippen LogP contribution in [0.4, 0.5) is 0 Å². The molecular weight excluding hydrogens is 422 g/mol. The van der Waals surface area contributed by atoms with Crippen LogP contribution >= 0.6 is 0 Å². The molecule has 0 radical (unpaired) electrons. The molecule has 2 heterocycles. The van der Waals surface area contributed by atoms with Gasteiger partial charge in [0.05, 0.1) is 6.26 Å². The monoisotopic (exact) mass is 443 g/mol. The summed E-state index contributed by atoms with van der Waals surface area (Å²) in [5, 5.41) is 3.42. The molecule has 0 fully saturated rings. The lowest BCUT2D eigenvalue weighted by molar-refractivity contribution is -0.147. The Morgan fingerprint density at radius 1 is 1.00 bits per heavy atom. The number of amides is 1. The summed E-state index contributed by atoms with van der Waals surface area (Å²) in [5.74, 6) is -1.10. The van der Waals surface area contributed by atoms with Crippen LogP contribution in [0.15, 0.2) is 80.6 Å². The second-order valence-electron chi connectivity index (χ2n) is 7.96. The van der Waals surface area contributed by atoms with Gasteiger partial charge in [0.15, 0.2) is 11.8 Å². The summed E-state index contributed by atoms with van der Waals surface area (Å²) in [6.45, 7) is -0.125. The molecule has 1 N–H and O–H groups in total. The Labute approximate surface area is 189 Å². The molecule has 1 atom stereocenters. The smallest absolute Gasteiger partial charge is 0.336 e. The van der Waals surface area contributed by atoms with Crippen molar-refractivity contribution >= 4 is 22.8 Å². The quantitative estimate of drug-likeness (QED) is 0.356. The topological polar surface area (TPSA) is 98.8 Å². The summed E-state index contributed by atoms with van der Waals surface area (Å²) in [6, 6.07) is 16.1. The van der Waals surface area contributed by atoms with Gasteiger partial charge in [0.25, 0.3) is 5.91 Å². The molecule has 7 nitrogen and oxygen atoms in total. The van der Waals surface area contributed by atoms with E-state index in [1.807, 2.05) is 18.2 Å². The van der Waals surface area contributed by atoms with Crippen LogP contribution < -0.4 is 10.9 Å². The molecule has 5 rings (SSSR count). The van der Waals surface area contributed by atoms with Gasteiger partial charge in [0, 0.05) is 17.0 Å². The van der Waals surface area contributed by atoms with E-state index in [4.69, 9.17) is 13.6 Å². The highest BCUT2D eigenvalue weighted by Crippen LogP contribution is 2.29. The molecule has 0 saturated heterocycles. The third-order valence-electron chi connectivity index (χ3n) is 5.80. The molecule has 1 aliphatic carbocycles. The SMILES string of the molecule is O=C(NC(C(=O)OCc1cc(=O)oc2cc3c(cc12)CCC3)c1ccccc1)c1ccco1. The van der Waals surface area contributed by atoms with E-state index >= 15 is 0 Å². The largest absolute Gasteiger partial charge is 0.459 e. The van der Waals surface area contributed by atoms with Gasteiger partial charge in [0.2, 0.25) is 0 Å². The second-order valence-corrected chi connectivity index (χ2v) is 7.96. The third-order valence-corrected chi connectivity index (χ3v) is 5.80. The minimum absolute atomic E-state index is 0.0873. The highest BCUT2D eigenvalue weighted by molar-refractivity contribution is 5.95. The van der Waals surface area contributed by atoms with E-state index in [9.17, 15) is 14.4 Å². The van der Waals surface area contributed by atoms with Gasteiger partial charge in [0.1, 0.15) is 12.2 Å². The van der Waals surface area contributed by atoms with Crippen LogP contribution in [-0.2, 0) is 29.0 Å². The van der Waals surface area contributed by atoms with E-state index in [1.165, 1.54) is 29.5 Å². The molecule has 7 heteroatoms. The van der Waals surface area contributed by atoms with Gasteiger partial charge in [-0.2, -0.15) is 0 Å². The van der Waals surface area contributed by atoms with Crippen molar-refractivity contribution in [3.8, 4) is 0 Å². The van der Waals surface area contributed by atoms with E-state index in [0.717, 1.165) is 24.6 Å². The fourth-order valence-corrected chi connectivity index (χ4v) is 4.18. The standard InChI is InChI=1S/C26H21NO6/c28-23-14-19(20-12-17-8-4-9-18(17)13-22(20)33-23)15-32-26(30)24(16-6-2-1-3-7-16)27-25(29)21-10-5-11-31-21/h1-3,5-7,10-14,24H,4,8-9,15H2,(H,27,29). The predicted molar refractivity (Wildman–Crippen MR) is 120 cm³/mol. The molecule has 2 aromatic heterocycles. The van der Waals surface area contributed by atoms with Crippen LogP contribution in [-0.4, -0.2) is 11.9 Å². The number of ether oxygens (including phenoxy) is 1. The number of carbonyl (C=O) groups excluding carboxylic acids is 2. The molecule has 4 aromatic rings. The van der Waals surface area contributed by atoms with Crippen LogP contribution in [0.25, 0.3) is 11.0 Å². The Morgan fingerprint density at radius 3 is 2.55 bits per heavy atom. The molecule has 0 aliphatic heterocycles. The van der Waals surface area contributed by atoms with Crippen LogP contribution in [0.2, 0.25) is 0 Å². The Morgan fingerprint density at radius 2 is 1.79 bits per heavy atom. The van der Waals surface area contributed by atoms with Crippen molar-refractivity contribution < 1.29 is 23.2 Å². The van der Waals surface area contributed by atoms with Crippen LogP contribution in [0, 0.1) is 0 Å². The molecule has 1 unspecified atom stereocenters. The van der Waals surface area contributed by atoms with E-state index in [2.05, 4.69) is 5.32 Å². The van der Waals surface area contributed by atoms with Crippen molar-refractivity contribution in [3.05, 3.63) is 105 Å². The Hall–Kier alpha value is -4.13. The average molecular weight is 443 g/mol. The number of hydrogen-bond donors (Lipinski definition) is 1. The van der Waals surface area contributed by atoms with Crippen LogP contribution in [0.5, 0.6) is 0 Å². The fraction of sp³-hybridized carbons (Fsp3) is 0.192. The summed E-state index contributed by atoms with van der Waals surface area (Å²) in [6.07, 6.45) is 4.38. The minimum Gasteiger partial charge on any atom is -0.459 e. The van der Waals surface area contributed by atoms with Crippen molar-refractivity contribution in [1.82, 2.24) is 5.32 Å². The lowest BCUT2D eigenvalue weighted by Crippen LogP contribution is -2.34. The zero-order chi connectivity index (χ0) is 22.8. The zero-order valence-electron chi connectivity index (χ0n) is 17.7. The van der Waals surface area contributed by atoms with Crippen molar-refractivity contribution in [1.29, 1.82) is 0 Å². The third kappa shape index (κ3) is 4.30. The summed E-state index contributed by atoms with van der Waals surface area (Å²) in [5.41, 5.74) is 3.52. The summed E-state index contributed by atoms with van der Waals surface area (Å²) in [7, 11) is 0. The number of aryl methyl sites for hydroxylation is 2. The molecular formula is C26H21NO6. The van der Waals surface area contributed by atoms with Crippen molar-refractivity contribution in [3.63, 3.8) is 0 Å². The fourth-order valence-electron chi connectivity index (χ4n) is 4.18. The van der Waals surface area contributed by atoms with Gasteiger partial charge in [-0.15, -0.1) is 0 Å². The molecule has 1 aliphatic rings. The maximum absolute atomic E-state index is 13.1. The first-order chi connectivity index (χ1) is 16.1. The van der Waals surface area contributed by atoms with Crippen molar-refractivity contribution in [2.24, 2.45) is 0 Å². The molecule has 0 saturated carbocycles.